The second-order valence-corrected chi connectivity index (χ2v) is 25.7. The number of phenols is 2. The number of para-hydroxylation sites is 2. The lowest BCUT2D eigenvalue weighted by molar-refractivity contribution is -0.188. The van der Waals surface area contributed by atoms with Crippen LogP contribution in [-0.2, 0) is 21.4 Å². The number of benzene rings is 6. The summed E-state index contributed by atoms with van der Waals surface area (Å²) in [5.41, 5.74) is 5.38. The molecule has 6 aromatic carbocycles. The fraction of sp³-hybridized carbons (Fsp3) is 0.408. The maximum absolute atomic E-state index is 12.7. The lowest BCUT2D eigenvalue weighted by Crippen LogP contribution is -2.76. The minimum absolute atomic E-state index is 0.0454. The van der Waals surface area contributed by atoms with Crippen molar-refractivity contribution in [3.8, 4) is 23.0 Å². The van der Waals surface area contributed by atoms with Gasteiger partial charge in [0.05, 0.1) is 41.0 Å². The van der Waals surface area contributed by atoms with Crippen LogP contribution in [-0.4, -0.2) is 148 Å². The summed E-state index contributed by atoms with van der Waals surface area (Å²) in [6.07, 6.45) is 8.28. The first kappa shape index (κ1) is 64.0. The number of piperidine rings is 1. The standard InChI is InChI=1S/C20H23NO4.C17H20N2S.C14H23NO.C14H14O3.C6H5NO2/c22-13-4-3-12-9-15-20(24)6-5-14(23)18-19(20,16(12)17(13)25-18)7-8-21(15)10-11-1-2-11;1-13(18(2)3)12-19-14-8-4-6-10-16(14)20-17-11-7-5-9-15(17)19;1-5-14(11(2)10-15(3)4)12-7-6-8-13(16)9-12;1-9(14(15)16)10-3-4-12-8-13(17-2)6-5-11(12)7-10;8-6(9)5-2-1-3-7-4-5/h3-4,11,15,18,22,24H,1-2,5-10H2;4-11,13H,12H2,1-3H3;6-9,11,14,16H,5,10H2,1-4H3;3-9H,1-2H3,(H,15,16);1-4H,(H,8,9)/t15-,18+,19+,20-;;11-,14+;9-;/m1.00./s1. The van der Waals surface area contributed by atoms with E-state index >= 15 is 0 Å². The third-order valence-electron chi connectivity index (χ3n) is 18.3. The van der Waals surface area contributed by atoms with Crippen molar-refractivity contribution in [2.45, 2.75) is 123 Å². The number of rotatable bonds is 14. The normalized spacial score (nSPS) is 21.4. The van der Waals surface area contributed by atoms with Gasteiger partial charge in [0.1, 0.15) is 11.5 Å². The summed E-state index contributed by atoms with van der Waals surface area (Å²) in [6.45, 7) is 12.5. The molecule has 2 saturated carbocycles. The highest BCUT2D eigenvalue weighted by Crippen LogP contribution is 2.65. The second-order valence-electron chi connectivity index (χ2n) is 24.6. The number of phenolic OH excluding ortho intramolecular Hbond substituents is 2. The first-order valence-corrected chi connectivity index (χ1v) is 31.2. The maximum Gasteiger partial charge on any atom is 0.337 e. The Balaban J connectivity index is 0.000000134. The number of hydrogen-bond donors (Lipinski definition) is 5. The Morgan fingerprint density at radius 2 is 1.51 bits per heavy atom. The number of aliphatic hydroxyl groups is 1. The molecule has 3 aliphatic heterocycles. The Morgan fingerprint density at radius 1 is 0.816 bits per heavy atom. The molecule has 13 rings (SSSR count). The number of pyridine rings is 1. The largest absolute Gasteiger partial charge is 0.508 e. The highest BCUT2D eigenvalue weighted by atomic mass is 32.2. The molecule has 2 bridgehead atoms. The van der Waals surface area contributed by atoms with Crippen molar-refractivity contribution < 1.29 is 49.4 Å². The molecule has 87 heavy (non-hydrogen) atoms. The van der Waals surface area contributed by atoms with Crippen LogP contribution in [0.5, 0.6) is 23.0 Å². The van der Waals surface area contributed by atoms with Gasteiger partial charge in [-0.05, 0) is 199 Å². The Bertz CT molecular complexity index is 3500. The maximum atomic E-state index is 12.7. The molecular weight excluding hydrogens is 1110 g/mol. The summed E-state index contributed by atoms with van der Waals surface area (Å²) in [5.74, 6) is 1.45. The number of carbonyl (C=O) groups is 3. The molecule has 5 N–H and O–H groups in total. The number of likely N-dealkylation sites (N-methyl/N-ethyl adjacent to an activating group) is 1. The summed E-state index contributed by atoms with van der Waals surface area (Å²) in [7, 11) is 10.1. The number of nitrogens with zero attached hydrogens (tertiary/aromatic N) is 5. The minimum Gasteiger partial charge on any atom is -0.508 e. The Labute approximate surface area is 516 Å². The predicted octanol–water partition coefficient (Wildman–Crippen LogP) is 12.7. The van der Waals surface area contributed by atoms with Gasteiger partial charge in [-0.25, -0.2) is 4.79 Å². The molecule has 16 heteroatoms. The lowest BCUT2D eigenvalue weighted by atomic mass is 9.49. The number of aromatic carboxylic acids is 1. The number of Topliss-reactive ketones (excluding diaryl/α,β-unsaturated/α-hetero) is 1. The van der Waals surface area contributed by atoms with Crippen LogP contribution >= 0.6 is 11.8 Å². The molecule has 460 valence electrons. The quantitative estimate of drug-likeness (QED) is 0.0689. The zero-order chi connectivity index (χ0) is 62.3. The molecule has 6 aliphatic rings. The minimum atomic E-state index is -0.942. The van der Waals surface area contributed by atoms with Crippen molar-refractivity contribution in [3.05, 3.63) is 174 Å². The van der Waals surface area contributed by atoms with Crippen molar-refractivity contribution in [1.82, 2.24) is 19.7 Å². The third kappa shape index (κ3) is 14.0. The zero-order valence-corrected chi connectivity index (χ0v) is 52.4. The summed E-state index contributed by atoms with van der Waals surface area (Å²) in [6, 6.07) is 43.7. The van der Waals surface area contributed by atoms with Gasteiger partial charge in [0, 0.05) is 65.9 Å². The van der Waals surface area contributed by atoms with Gasteiger partial charge in [-0.1, -0.05) is 92.3 Å². The highest BCUT2D eigenvalue weighted by molar-refractivity contribution is 7.99. The van der Waals surface area contributed by atoms with Crippen molar-refractivity contribution >= 4 is 51.6 Å². The molecule has 0 amide bonds. The number of ether oxygens (including phenoxy) is 2. The number of hydrogen-bond acceptors (Lipinski definition) is 14. The average Bonchev–Trinajstić information content (AvgIpc) is 1.63. The van der Waals surface area contributed by atoms with Crippen LogP contribution in [0.1, 0.15) is 111 Å². The predicted molar refractivity (Wildman–Crippen MR) is 344 cm³/mol. The molecule has 7 aromatic rings. The van der Waals surface area contributed by atoms with Gasteiger partial charge in [0.25, 0.3) is 0 Å². The number of ketones is 1. The third-order valence-corrected chi connectivity index (χ3v) is 19.5. The zero-order valence-electron chi connectivity index (χ0n) is 51.6. The summed E-state index contributed by atoms with van der Waals surface area (Å²) in [5, 5.41) is 51.2. The number of anilines is 2. The molecule has 3 fully saturated rings. The first-order valence-electron chi connectivity index (χ1n) is 30.4. The van der Waals surface area contributed by atoms with E-state index in [-0.39, 0.29) is 23.1 Å². The van der Waals surface area contributed by atoms with Gasteiger partial charge in [-0.3, -0.25) is 19.5 Å². The monoisotopic (exact) mass is 1200 g/mol. The summed E-state index contributed by atoms with van der Waals surface area (Å²) < 4.78 is 11.2. The van der Waals surface area contributed by atoms with Gasteiger partial charge < -0.3 is 49.7 Å². The van der Waals surface area contributed by atoms with Crippen molar-refractivity contribution in [1.29, 1.82) is 0 Å². The Morgan fingerprint density at radius 3 is 2.10 bits per heavy atom. The van der Waals surface area contributed by atoms with Crippen LogP contribution in [0.4, 0.5) is 11.4 Å². The van der Waals surface area contributed by atoms with Crippen molar-refractivity contribution in [2.75, 3.05) is 66.4 Å². The van der Waals surface area contributed by atoms with Gasteiger partial charge in [-0.2, -0.15) is 0 Å². The Hall–Kier alpha value is -7.47. The number of carboxylic acids is 2. The van der Waals surface area contributed by atoms with Crippen molar-refractivity contribution in [3.63, 3.8) is 0 Å². The lowest BCUT2D eigenvalue weighted by Gasteiger charge is -2.62. The molecule has 8 atom stereocenters. The molecule has 1 aromatic heterocycles. The fourth-order valence-corrected chi connectivity index (χ4v) is 14.5. The second kappa shape index (κ2) is 27.7. The Kier molecular flexibility index (Phi) is 20.4. The highest BCUT2D eigenvalue weighted by Gasteiger charge is 2.73. The molecule has 4 heterocycles. The van der Waals surface area contributed by atoms with Gasteiger partial charge >= 0.3 is 11.9 Å². The SMILES string of the molecule is CC(CN1c2ccccc2Sc2ccccc21)N(C)C.CC[C@@H](c1cccc(O)c1)[C@@H](C)CN(C)C.COc1ccc2cc([C@H](C)C(=O)O)ccc2c1.O=C(O)c1cccnc1.O=C1CC[C@@]2(O)[C@H]3Cc4ccc(O)c5c4[C@@]2(CCN3CC2CC2)[C@H]1O5. The first-order chi connectivity index (χ1) is 41.7. The molecule has 1 unspecified atom stereocenters. The van der Waals surface area contributed by atoms with Crippen LogP contribution in [0, 0.1) is 11.8 Å². The average molecular weight is 1200 g/mol. The molecule has 0 radical (unpaired) electrons. The van der Waals surface area contributed by atoms with E-state index in [1.54, 1.807) is 32.2 Å². The van der Waals surface area contributed by atoms with E-state index < -0.39 is 35.0 Å². The van der Waals surface area contributed by atoms with E-state index in [4.69, 9.17) is 19.7 Å². The number of carboxylic acid groups (broad SMARTS) is 2. The van der Waals surface area contributed by atoms with Gasteiger partial charge in [0.2, 0.25) is 0 Å². The molecule has 1 spiro atoms. The number of aromatic nitrogens is 1. The number of carbonyl (C=O) groups excluding carboxylic acids is 1. The number of fused-ring (bicyclic) bond motifs is 3. The van der Waals surface area contributed by atoms with Crippen LogP contribution in [0.3, 0.4) is 0 Å². The van der Waals surface area contributed by atoms with Gasteiger partial charge in [0.15, 0.2) is 23.4 Å². The van der Waals surface area contributed by atoms with Crippen LogP contribution < -0.4 is 14.4 Å². The molecular formula is C71H85N5O10S. The van der Waals surface area contributed by atoms with Crippen molar-refractivity contribution in [2.24, 2.45) is 11.8 Å². The van der Waals surface area contributed by atoms with E-state index in [0.717, 1.165) is 84.6 Å². The van der Waals surface area contributed by atoms with Crippen LogP contribution in [0.15, 0.2) is 156 Å². The number of likely N-dealkylation sites (tertiary alicyclic amines) is 1. The van der Waals surface area contributed by atoms with Crippen LogP contribution in [0.2, 0.25) is 0 Å². The number of methoxy groups -OCH3 is 1. The van der Waals surface area contributed by atoms with Gasteiger partial charge in [-0.15, -0.1) is 0 Å². The molecule has 3 aliphatic carbocycles. The number of aromatic hydroxyl groups is 2. The summed E-state index contributed by atoms with van der Waals surface area (Å²) in [4.78, 5) is 49.5. The molecule has 1 saturated heterocycles. The van der Waals surface area contributed by atoms with E-state index in [9.17, 15) is 29.7 Å². The smallest absolute Gasteiger partial charge is 0.337 e. The van der Waals surface area contributed by atoms with E-state index in [1.807, 2.05) is 66.4 Å². The van der Waals surface area contributed by atoms with E-state index in [1.165, 1.54) is 58.0 Å². The number of aliphatic carboxylic acids is 1. The molecule has 15 nitrogen and oxygen atoms in total. The summed E-state index contributed by atoms with van der Waals surface area (Å²) >= 11 is 1.87. The topological polar surface area (TPSA) is 197 Å². The fourth-order valence-electron chi connectivity index (χ4n) is 13.4. The van der Waals surface area contributed by atoms with E-state index in [0.29, 0.717) is 42.2 Å². The van der Waals surface area contributed by atoms with E-state index in [2.05, 4.69) is 128 Å². The van der Waals surface area contributed by atoms with Crippen LogP contribution in [0.25, 0.3) is 10.8 Å².